The fourth-order valence-electron chi connectivity index (χ4n) is 4.43. The molecule has 5 atom stereocenters. The quantitative estimate of drug-likeness (QED) is 0.311. The third kappa shape index (κ3) is 4.75. The van der Waals surface area contributed by atoms with Gasteiger partial charge < -0.3 is 20.1 Å². The zero-order valence-corrected chi connectivity index (χ0v) is 20.7. The van der Waals surface area contributed by atoms with Crippen LogP contribution in [0.15, 0.2) is 36.8 Å². The third-order valence-electron chi connectivity index (χ3n) is 6.29. The van der Waals surface area contributed by atoms with Gasteiger partial charge in [-0.1, -0.05) is 11.6 Å². The lowest BCUT2D eigenvalue weighted by molar-refractivity contribution is -0.210. The standard InChI is InChI=1S/C24H19ClF3N7O4/c1-10-32-24(35(33-10)13-4-14(25)17(5-29)30-7-13)23-22(38)20(21(37)18(9-36)39-23)34-8-12(6-31-34)11-2-15(26)19(28)16(27)3-11/h2-4,6-8,18,20-23,36-38H,9H2,1H3/t18?,20?,21-,22-,23+/m0/s1. The summed E-state index contributed by atoms with van der Waals surface area (Å²) in [7, 11) is 0. The molecule has 1 aliphatic rings. The van der Waals surface area contributed by atoms with Crippen molar-refractivity contribution in [2.75, 3.05) is 6.61 Å². The van der Waals surface area contributed by atoms with Crippen LogP contribution in [0.5, 0.6) is 0 Å². The van der Waals surface area contributed by atoms with Crippen LogP contribution in [-0.4, -0.2) is 69.8 Å². The van der Waals surface area contributed by atoms with Gasteiger partial charge in [-0.2, -0.15) is 15.5 Å². The molecule has 5 rings (SSSR count). The number of benzene rings is 1. The minimum atomic E-state index is -1.62. The molecule has 4 aromatic rings. The van der Waals surface area contributed by atoms with E-state index < -0.39 is 54.5 Å². The molecule has 39 heavy (non-hydrogen) atoms. The van der Waals surface area contributed by atoms with E-state index in [1.54, 1.807) is 6.92 Å². The molecule has 0 spiro atoms. The second-order valence-electron chi connectivity index (χ2n) is 8.78. The lowest BCUT2D eigenvalue weighted by atomic mass is 9.92. The van der Waals surface area contributed by atoms with Crippen LogP contribution in [0.4, 0.5) is 13.2 Å². The molecule has 0 amide bonds. The zero-order chi connectivity index (χ0) is 28.0. The predicted molar refractivity (Wildman–Crippen MR) is 127 cm³/mol. The van der Waals surface area contributed by atoms with Gasteiger partial charge in [-0.05, 0) is 30.7 Å². The average Bonchev–Trinajstić information content (AvgIpc) is 3.54. The number of aliphatic hydroxyl groups is 3. The molecule has 1 aliphatic heterocycles. The lowest BCUT2D eigenvalue weighted by Gasteiger charge is -2.41. The molecule has 0 radical (unpaired) electrons. The van der Waals surface area contributed by atoms with E-state index in [4.69, 9.17) is 21.6 Å². The van der Waals surface area contributed by atoms with E-state index in [1.807, 2.05) is 6.07 Å². The van der Waals surface area contributed by atoms with Gasteiger partial charge in [-0.3, -0.25) is 4.68 Å². The fourth-order valence-corrected chi connectivity index (χ4v) is 4.63. The fraction of sp³-hybridized carbons (Fsp3) is 0.292. The number of aryl methyl sites for hydroxylation is 1. The summed E-state index contributed by atoms with van der Waals surface area (Å²) in [6.07, 6.45) is -1.61. The molecule has 1 aromatic carbocycles. The van der Waals surface area contributed by atoms with E-state index in [0.717, 1.165) is 16.8 Å². The Balaban J connectivity index is 1.54. The second-order valence-corrected chi connectivity index (χ2v) is 9.18. The van der Waals surface area contributed by atoms with Gasteiger partial charge in [0.25, 0.3) is 0 Å². The predicted octanol–water partition coefficient (Wildman–Crippen LogP) is 2.17. The van der Waals surface area contributed by atoms with Gasteiger partial charge in [0.15, 0.2) is 29.0 Å². The largest absolute Gasteiger partial charge is 0.394 e. The maximum atomic E-state index is 13.8. The first-order valence-corrected chi connectivity index (χ1v) is 11.8. The van der Waals surface area contributed by atoms with Gasteiger partial charge in [0, 0.05) is 11.8 Å². The number of pyridine rings is 1. The first kappa shape index (κ1) is 26.7. The number of hydrogen-bond donors (Lipinski definition) is 3. The van der Waals surface area contributed by atoms with Crippen molar-refractivity contribution in [2.45, 2.75) is 37.4 Å². The minimum absolute atomic E-state index is 0.00770. The summed E-state index contributed by atoms with van der Waals surface area (Å²) in [5, 5.41) is 49.8. The van der Waals surface area contributed by atoms with Crippen LogP contribution in [0, 0.1) is 35.7 Å². The van der Waals surface area contributed by atoms with E-state index in [-0.39, 0.29) is 33.5 Å². The van der Waals surface area contributed by atoms with Gasteiger partial charge in [0.05, 0.1) is 29.7 Å². The number of rotatable bonds is 5. The first-order valence-electron chi connectivity index (χ1n) is 11.4. The van der Waals surface area contributed by atoms with Crippen molar-refractivity contribution in [1.29, 1.82) is 5.26 Å². The summed E-state index contributed by atoms with van der Waals surface area (Å²) in [6.45, 7) is 0.950. The zero-order valence-electron chi connectivity index (χ0n) is 20.0. The lowest BCUT2D eigenvalue weighted by Crippen LogP contribution is -2.53. The molecule has 4 heterocycles. The maximum Gasteiger partial charge on any atom is 0.194 e. The van der Waals surface area contributed by atoms with E-state index in [9.17, 15) is 28.5 Å². The average molecular weight is 562 g/mol. The summed E-state index contributed by atoms with van der Waals surface area (Å²) in [6, 6.07) is 3.63. The summed E-state index contributed by atoms with van der Waals surface area (Å²) in [4.78, 5) is 8.34. The Morgan fingerprint density at radius 3 is 2.46 bits per heavy atom. The molecule has 0 aliphatic carbocycles. The van der Waals surface area contributed by atoms with Crippen molar-refractivity contribution in [3.63, 3.8) is 0 Å². The van der Waals surface area contributed by atoms with Crippen molar-refractivity contribution >= 4 is 11.6 Å². The highest BCUT2D eigenvalue weighted by atomic mass is 35.5. The molecule has 15 heteroatoms. The smallest absolute Gasteiger partial charge is 0.194 e. The van der Waals surface area contributed by atoms with Crippen LogP contribution in [0.25, 0.3) is 16.8 Å². The van der Waals surface area contributed by atoms with Crippen molar-refractivity contribution < 1.29 is 33.2 Å². The van der Waals surface area contributed by atoms with Crippen LogP contribution in [-0.2, 0) is 4.74 Å². The number of halogens is 4. The number of ether oxygens (including phenoxy) is 1. The molecule has 1 fully saturated rings. The molecule has 202 valence electrons. The summed E-state index contributed by atoms with van der Waals surface area (Å²) in [5.41, 5.74) is 0.444. The van der Waals surface area contributed by atoms with Crippen molar-refractivity contribution in [3.8, 4) is 22.9 Å². The number of aromatic nitrogens is 6. The molecule has 3 aromatic heterocycles. The normalized spacial score (nSPS) is 23.1. The monoisotopic (exact) mass is 561 g/mol. The number of nitriles is 1. The van der Waals surface area contributed by atoms with Crippen LogP contribution in [0.3, 0.4) is 0 Å². The van der Waals surface area contributed by atoms with Gasteiger partial charge in [-0.25, -0.2) is 27.8 Å². The minimum Gasteiger partial charge on any atom is -0.394 e. The Morgan fingerprint density at radius 2 is 1.82 bits per heavy atom. The second kappa shape index (κ2) is 10.4. The van der Waals surface area contributed by atoms with E-state index in [0.29, 0.717) is 5.69 Å². The van der Waals surface area contributed by atoms with Gasteiger partial charge in [-0.15, -0.1) is 0 Å². The maximum absolute atomic E-state index is 13.8. The molecular formula is C24H19ClF3N7O4. The SMILES string of the molecule is Cc1nc([C@@H]2OC(CO)[C@H](O)C(n3cc(-c4cc(F)c(F)c(F)c4)cn3)[C@@H]2O)n(-c2cnc(C#N)c(Cl)c2)n1. The first-order chi connectivity index (χ1) is 18.6. The van der Waals surface area contributed by atoms with Crippen LogP contribution >= 0.6 is 11.6 Å². The van der Waals surface area contributed by atoms with Crippen molar-refractivity contribution in [3.05, 3.63) is 76.6 Å². The Hall–Kier alpha value is -3.87. The van der Waals surface area contributed by atoms with Crippen LogP contribution in [0.1, 0.15) is 29.5 Å². The molecule has 3 N–H and O–H groups in total. The van der Waals surface area contributed by atoms with E-state index in [1.165, 1.54) is 29.3 Å². The molecule has 2 unspecified atom stereocenters. The number of hydrogen-bond acceptors (Lipinski definition) is 9. The third-order valence-corrected chi connectivity index (χ3v) is 6.57. The van der Waals surface area contributed by atoms with Gasteiger partial charge in [0.1, 0.15) is 42.4 Å². The summed E-state index contributed by atoms with van der Waals surface area (Å²) in [5.74, 6) is -4.04. The van der Waals surface area contributed by atoms with E-state index in [2.05, 4.69) is 20.2 Å². The Bertz CT molecular complexity index is 1570. The highest BCUT2D eigenvalue weighted by molar-refractivity contribution is 6.31. The number of aliphatic hydroxyl groups excluding tert-OH is 3. The Labute approximate surface area is 223 Å². The molecule has 11 nitrogen and oxygen atoms in total. The number of nitrogens with zero attached hydrogens (tertiary/aromatic N) is 7. The van der Waals surface area contributed by atoms with Gasteiger partial charge in [0.2, 0.25) is 0 Å². The summed E-state index contributed by atoms with van der Waals surface area (Å²) < 4.78 is 49.3. The summed E-state index contributed by atoms with van der Waals surface area (Å²) >= 11 is 6.13. The molecule has 0 bridgehead atoms. The van der Waals surface area contributed by atoms with E-state index >= 15 is 0 Å². The van der Waals surface area contributed by atoms with Crippen LogP contribution < -0.4 is 0 Å². The Kier molecular flexibility index (Phi) is 7.10. The van der Waals surface area contributed by atoms with Gasteiger partial charge >= 0.3 is 0 Å². The van der Waals surface area contributed by atoms with Crippen molar-refractivity contribution in [1.82, 2.24) is 29.5 Å². The highest BCUT2D eigenvalue weighted by Gasteiger charge is 2.48. The molecule has 1 saturated heterocycles. The van der Waals surface area contributed by atoms with Crippen molar-refractivity contribution in [2.24, 2.45) is 0 Å². The molecular weight excluding hydrogens is 543 g/mol. The topological polar surface area (TPSA) is 155 Å². The highest BCUT2D eigenvalue weighted by Crippen LogP contribution is 2.39. The molecule has 0 saturated carbocycles. The van der Waals surface area contributed by atoms with Crippen LogP contribution in [0.2, 0.25) is 5.02 Å². The Morgan fingerprint density at radius 1 is 1.10 bits per heavy atom.